The number of anilines is 1. The normalized spacial score (nSPS) is 16.9. The lowest BCUT2D eigenvalue weighted by Gasteiger charge is -2.32. The molecule has 1 N–H and O–H groups in total. The molecular weight excluding hydrogens is 354 g/mol. The molecule has 1 unspecified atom stereocenters. The minimum absolute atomic E-state index is 0.0860. The van der Waals surface area contributed by atoms with Gasteiger partial charge in [0, 0.05) is 30.2 Å². The summed E-state index contributed by atoms with van der Waals surface area (Å²) in [7, 11) is 1.89. The van der Waals surface area contributed by atoms with Gasteiger partial charge in [-0.05, 0) is 37.3 Å². The van der Waals surface area contributed by atoms with Crippen LogP contribution in [0.25, 0.3) is 10.9 Å². The average molecular weight is 377 g/mol. The number of nitrogens with one attached hydrogen (secondary N) is 1. The van der Waals surface area contributed by atoms with Crippen LogP contribution >= 0.6 is 0 Å². The van der Waals surface area contributed by atoms with Crippen molar-refractivity contribution in [1.29, 1.82) is 0 Å². The summed E-state index contributed by atoms with van der Waals surface area (Å²) in [6.07, 6.45) is -0.685. The number of nitrogens with zero attached hydrogens (tertiary/aromatic N) is 2. The maximum atomic E-state index is 13.1. The van der Waals surface area contributed by atoms with E-state index in [1.807, 2.05) is 67.1 Å². The monoisotopic (exact) mass is 377 g/mol. The molecule has 1 saturated heterocycles. The van der Waals surface area contributed by atoms with Gasteiger partial charge in [-0.25, -0.2) is 0 Å². The smallest absolute Gasteiger partial charge is 0.270 e. The van der Waals surface area contributed by atoms with Crippen LogP contribution in [-0.2, 0) is 16.6 Å². The number of rotatable bonds is 3. The van der Waals surface area contributed by atoms with Crippen molar-refractivity contribution in [1.82, 2.24) is 9.47 Å². The minimum Gasteiger partial charge on any atom is -0.365 e. The summed E-state index contributed by atoms with van der Waals surface area (Å²) in [6.45, 7) is 3.07. The number of fused-ring (bicyclic) bond motifs is 1. The number of ether oxygens (including phenoxy) is 1. The van der Waals surface area contributed by atoms with Crippen LogP contribution in [-0.4, -0.2) is 47.1 Å². The van der Waals surface area contributed by atoms with E-state index < -0.39 is 6.10 Å². The molecule has 4 rings (SSSR count). The number of aryl methyl sites for hydroxylation is 2. The maximum Gasteiger partial charge on any atom is 0.270 e. The lowest BCUT2D eigenvalue weighted by atomic mass is 10.2. The van der Waals surface area contributed by atoms with Crippen molar-refractivity contribution in [3.05, 3.63) is 65.9 Å². The van der Waals surface area contributed by atoms with Gasteiger partial charge >= 0.3 is 0 Å². The van der Waals surface area contributed by atoms with Gasteiger partial charge < -0.3 is 19.5 Å². The number of amides is 2. The predicted molar refractivity (Wildman–Crippen MR) is 108 cm³/mol. The molecule has 3 aromatic rings. The zero-order chi connectivity index (χ0) is 19.7. The highest BCUT2D eigenvalue weighted by molar-refractivity contribution is 6.00. The fourth-order valence-electron chi connectivity index (χ4n) is 3.57. The van der Waals surface area contributed by atoms with Gasteiger partial charge in [0.15, 0.2) is 6.10 Å². The Labute approximate surface area is 163 Å². The van der Waals surface area contributed by atoms with Crippen molar-refractivity contribution in [3.63, 3.8) is 0 Å². The molecule has 28 heavy (non-hydrogen) atoms. The fraction of sp³-hybridized carbons (Fsp3) is 0.273. The van der Waals surface area contributed by atoms with Crippen LogP contribution in [0, 0.1) is 6.92 Å². The van der Waals surface area contributed by atoms with Gasteiger partial charge in [-0.2, -0.15) is 0 Å². The molecule has 0 bridgehead atoms. The number of benzene rings is 2. The van der Waals surface area contributed by atoms with Crippen molar-refractivity contribution >= 4 is 28.4 Å². The summed E-state index contributed by atoms with van der Waals surface area (Å²) in [5.74, 6) is -0.325. The van der Waals surface area contributed by atoms with Crippen LogP contribution in [0.4, 0.5) is 5.69 Å². The zero-order valence-corrected chi connectivity index (χ0v) is 16.0. The number of morpholine rings is 1. The lowest BCUT2D eigenvalue weighted by Crippen LogP contribution is -2.50. The van der Waals surface area contributed by atoms with E-state index in [4.69, 9.17) is 4.74 Å². The van der Waals surface area contributed by atoms with Gasteiger partial charge in [0.1, 0.15) is 5.69 Å². The van der Waals surface area contributed by atoms with Crippen LogP contribution < -0.4 is 5.32 Å². The molecule has 1 aromatic heterocycles. The van der Waals surface area contributed by atoms with Crippen LogP contribution in [0.15, 0.2) is 54.6 Å². The van der Waals surface area contributed by atoms with Gasteiger partial charge in [-0.3, -0.25) is 9.59 Å². The molecule has 0 radical (unpaired) electrons. The zero-order valence-electron chi connectivity index (χ0n) is 16.0. The van der Waals surface area contributed by atoms with E-state index >= 15 is 0 Å². The highest BCUT2D eigenvalue weighted by Crippen LogP contribution is 2.22. The van der Waals surface area contributed by atoms with E-state index in [-0.39, 0.29) is 18.4 Å². The molecule has 6 heteroatoms. The summed E-state index contributed by atoms with van der Waals surface area (Å²) >= 11 is 0. The van der Waals surface area contributed by atoms with E-state index in [2.05, 4.69) is 11.4 Å². The molecule has 6 nitrogen and oxygen atoms in total. The van der Waals surface area contributed by atoms with Crippen LogP contribution in [0.1, 0.15) is 16.1 Å². The number of para-hydroxylation sites is 1. The Hall–Kier alpha value is -3.12. The Morgan fingerprint density at radius 2 is 1.89 bits per heavy atom. The first-order valence-corrected chi connectivity index (χ1v) is 9.36. The van der Waals surface area contributed by atoms with E-state index in [0.717, 1.165) is 16.5 Å². The van der Waals surface area contributed by atoms with Gasteiger partial charge in [0.05, 0.1) is 13.2 Å². The number of hydrogen-bond donors (Lipinski definition) is 1. The molecule has 2 amide bonds. The summed E-state index contributed by atoms with van der Waals surface area (Å²) < 4.78 is 7.53. The third kappa shape index (κ3) is 3.51. The second-order valence-corrected chi connectivity index (χ2v) is 7.12. The fourth-order valence-corrected chi connectivity index (χ4v) is 3.57. The van der Waals surface area contributed by atoms with Crippen LogP contribution in [0.5, 0.6) is 0 Å². The molecule has 0 spiro atoms. The van der Waals surface area contributed by atoms with Gasteiger partial charge in [-0.15, -0.1) is 0 Å². The Morgan fingerprint density at radius 3 is 2.68 bits per heavy atom. The molecule has 0 aliphatic carbocycles. The third-order valence-corrected chi connectivity index (χ3v) is 5.10. The average Bonchev–Trinajstić information content (AvgIpc) is 3.04. The highest BCUT2D eigenvalue weighted by atomic mass is 16.5. The molecule has 1 fully saturated rings. The molecule has 144 valence electrons. The standard InChI is InChI=1S/C22H23N3O3/c1-15-8-9-18-16(12-15)13-19(24(18)2)22(27)25-10-11-28-20(14-25)21(26)23-17-6-4-3-5-7-17/h3-9,12-13,20H,10-11,14H2,1-2H3,(H,23,26). The van der Waals surface area contributed by atoms with E-state index in [1.165, 1.54) is 0 Å². The second kappa shape index (κ2) is 7.48. The van der Waals surface area contributed by atoms with Gasteiger partial charge in [0.2, 0.25) is 0 Å². The molecular formula is C22H23N3O3. The Kier molecular flexibility index (Phi) is 4.88. The largest absolute Gasteiger partial charge is 0.365 e. The summed E-state index contributed by atoms with van der Waals surface area (Å²) in [5, 5.41) is 3.88. The Morgan fingerprint density at radius 1 is 1.11 bits per heavy atom. The first-order valence-electron chi connectivity index (χ1n) is 9.36. The van der Waals surface area contributed by atoms with Crippen LogP contribution in [0.3, 0.4) is 0 Å². The van der Waals surface area contributed by atoms with Crippen molar-refractivity contribution in [2.45, 2.75) is 13.0 Å². The molecule has 1 atom stereocenters. The first-order chi connectivity index (χ1) is 13.5. The molecule has 1 aliphatic rings. The Balaban J connectivity index is 1.50. The lowest BCUT2D eigenvalue weighted by molar-refractivity contribution is -0.131. The molecule has 1 aliphatic heterocycles. The number of carbonyl (C=O) groups excluding carboxylic acids is 2. The summed E-state index contributed by atoms with van der Waals surface area (Å²) in [4.78, 5) is 27.4. The summed E-state index contributed by atoms with van der Waals surface area (Å²) in [6, 6.07) is 17.3. The van der Waals surface area contributed by atoms with Crippen molar-refractivity contribution in [2.75, 3.05) is 25.0 Å². The number of aromatic nitrogens is 1. The van der Waals surface area contributed by atoms with E-state index in [1.54, 1.807) is 4.90 Å². The first kappa shape index (κ1) is 18.3. The van der Waals surface area contributed by atoms with Crippen molar-refractivity contribution < 1.29 is 14.3 Å². The van der Waals surface area contributed by atoms with E-state index in [9.17, 15) is 9.59 Å². The topological polar surface area (TPSA) is 63.6 Å². The number of carbonyl (C=O) groups is 2. The molecule has 0 saturated carbocycles. The van der Waals surface area contributed by atoms with Crippen molar-refractivity contribution in [3.8, 4) is 0 Å². The minimum atomic E-state index is -0.685. The van der Waals surface area contributed by atoms with Gasteiger partial charge in [0.25, 0.3) is 11.8 Å². The molecule has 2 heterocycles. The maximum absolute atomic E-state index is 13.1. The SMILES string of the molecule is Cc1ccc2c(c1)cc(C(=O)N1CCOC(C(=O)Nc3ccccc3)C1)n2C. The molecule has 2 aromatic carbocycles. The second-order valence-electron chi connectivity index (χ2n) is 7.12. The quantitative estimate of drug-likeness (QED) is 0.763. The summed E-state index contributed by atoms with van der Waals surface area (Å²) in [5.41, 5.74) is 3.50. The predicted octanol–water partition coefficient (Wildman–Crippen LogP) is 2.97. The van der Waals surface area contributed by atoms with Crippen molar-refractivity contribution in [2.24, 2.45) is 7.05 Å². The van der Waals surface area contributed by atoms with Gasteiger partial charge in [-0.1, -0.05) is 29.8 Å². The highest BCUT2D eigenvalue weighted by Gasteiger charge is 2.31. The Bertz CT molecular complexity index is 1030. The number of hydrogen-bond acceptors (Lipinski definition) is 3. The third-order valence-electron chi connectivity index (χ3n) is 5.10. The van der Waals surface area contributed by atoms with E-state index in [0.29, 0.717) is 24.5 Å². The van der Waals surface area contributed by atoms with Crippen LogP contribution in [0.2, 0.25) is 0 Å².